The van der Waals surface area contributed by atoms with Crippen LogP contribution in [0.1, 0.15) is 34.1 Å². The van der Waals surface area contributed by atoms with Gasteiger partial charge >= 0.3 is 0 Å². The Hall–Kier alpha value is -1.10. The third kappa shape index (κ3) is 4.49. The average molecular weight is 270 g/mol. The van der Waals surface area contributed by atoms with Crippen LogP contribution < -0.4 is 5.32 Å². The Morgan fingerprint density at radius 1 is 1.42 bits per heavy atom. The highest BCUT2D eigenvalue weighted by atomic mass is 16.3. The van der Waals surface area contributed by atoms with Crippen molar-refractivity contribution in [2.24, 2.45) is 17.8 Å². The maximum absolute atomic E-state index is 12.1. The zero-order valence-corrected chi connectivity index (χ0v) is 12.3. The number of hydrogen-bond donors (Lipinski definition) is 2. The molecule has 19 heavy (non-hydrogen) atoms. The normalized spacial score (nSPS) is 21.3. The highest BCUT2D eigenvalue weighted by Gasteiger charge is 2.35. The summed E-state index contributed by atoms with van der Waals surface area (Å²) in [5, 5.41) is 12.1. The number of nitrogens with zero attached hydrogens (tertiary/aromatic N) is 1. The van der Waals surface area contributed by atoms with Gasteiger partial charge in [0.25, 0.3) is 0 Å². The zero-order valence-electron chi connectivity index (χ0n) is 12.3. The van der Waals surface area contributed by atoms with Crippen molar-refractivity contribution in [2.75, 3.05) is 19.7 Å². The van der Waals surface area contributed by atoms with Gasteiger partial charge in [0.2, 0.25) is 11.8 Å². The Morgan fingerprint density at radius 2 is 2.05 bits per heavy atom. The van der Waals surface area contributed by atoms with Crippen LogP contribution in [0.2, 0.25) is 0 Å². The van der Waals surface area contributed by atoms with Crippen LogP contribution in [0.5, 0.6) is 0 Å². The minimum atomic E-state index is -0.279. The SMILES string of the molecule is CC(C)CN1CC(C(=O)NC(CO)C(C)C)CC1=O. The van der Waals surface area contributed by atoms with Gasteiger partial charge in [0.1, 0.15) is 0 Å². The van der Waals surface area contributed by atoms with Gasteiger partial charge in [-0.05, 0) is 11.8 Å². The van der Waals surface area contributed by atoms with Crippen molar-refractivity contribution in [3.05, 3.63) is 0 Å². The number of carbonyl (C=O) groups excluding carboxylic acids is 2. The molecule has 2 atom stereocenters. The molecule has 2 N–H and O–H groups in total. The van der Waals surface area contributed by atoms with E-state index in [0.29, 0.717) is 19.0 Å². The topological polar surface area (TPSA) is 69.6 Å². The summed E-state index contributed by atoms with van der Waals surface area (Å²) in [5.41, 5.74) is 0. The molecule has 1 fully saturated rings. The molecule has 5 nitrogen and oxygen atoms in total. The van der Waals surface area contributed by atoms with E-state index >= 15 is 0 Å². The van der Waals surface area contributed by atoms with Crippen LogP contribution in [0, 0.1) is 17.8 Å². The van der Waals surface area contributed by atoms with Crippen molar-refractivity contribution < 1.29 is 14.7 Å². The Morgan fingerprint density at radius 3 is 2.53 bits per heavy atom. The van der Waals surface area contributed by atoms with Crippen molar-refractivity contribution in [1.29, 1.82) is 0 Å². The zero-order chi connectivity index (χ0) is 14.6. The molecule has 0 spiro atoms. The van der Waals surface area contributed by atoms with Gasteiger partial charge in [-0.15, -0.1) is 0 Å². The predicted molar refractivity (Wildman–Crippen MR) is 73.4 cm³/mol. The third-order valence-electron chi connectivity index (χ3n) is 3.50. The van der Waals surface area contributed by atoms with Crippen LogP contribution in [-0.2, 0) is 9.59 Å². The second kappa shape index (κ2) is 6.89. The second-order valence-corrected chi connectivity index (χ2v) is 6.14. The minimum absolute atomic E-state index is 0.0546. The molecule has 2 unspecified atom stereocenters. The van der Waals surface area contributed by atoms with Crippen LogP contribution in [0.15, 0.2) is 0 Å². The molecule has 1 aliphatic heterocycles. The second-order valence-electron chi connectivity index (χ2n) is 6.14. The van der Waals surface area contributed by atoms with Crippen molar-refractivity contribution >= 4 is 11.8 Å². The van der Waals surface area contributed by atoms with E-state index in [9.17, 15) is 14.7 Å². The van der Waals surface area contributed by atoms with Gasteiger partial charge in [-0.2, -0.15) is 0 Å². The molecule has 0 bridgehead atoms. The van der Waals surface area contributed by atoms with E-state index in [4.69, 9.17) is 0 Å². The molecule has 2 amide bonds. The van der Waals surface area contributed by atoms with Crippen LogP contribution in [0.25, 0.3) is 0 Å². The van der Waals surface area contributed by atoms with Crippen molar-refractivity contribution in [2.45, 2.75) is 40.2 Å². The van der Waals surface area contributed by atoms with E-state index in [1.54, 1.807) is 4.90 Å². The number of amides is 2. The Labute approximate surface area is 115 Å². The molecule has 5 heteroatoms. The van der Waals surface area contributed by atoms with E-state index in [1.807, 2.05) is 13.8 Å². The summed E-state index contributed by atoms with van der Waals surface area (Å²) >= 11 is 0. The van der Waals surface area contributed by atoms with Gasteiger partial charge in [-0.25, -0.2) is 0 Å². The third-order valence-corrected chi connectivity index (χ3v) is 3.50. The summed E-state index contributed by atoms with van der Waals surface area (Å²) in [5.74, 6) is 0.245. The average Bonchev–Trinajstić information content (AvgIpc) is 2.66. The van der Waals surface area contributed by atoms with Crippen LogP contribution in [-0.4, -0.2) is 47.6 Å². The van der Waals surface area contributed by atoms with Gasteiger partial charge in [0.05, 0.1) is 18.6 Å². The molecule has 0 aliphatic carbocycles. The molecule has 0 saturated carbocycles. The van der Waals surface area contributed by atoms with Gasteiger partial charge in [0.15, 0.2) is 0 Å². The summed E-state index contributed by atoms with van der Waals surface area (Å²) in [4.78, 5) is 25.7. The number of aliphatic hydroxyl groups is 1. The lowest BCUT2D eigenvalue weighted by molar-refractivity contribution is -0.129. The van der Waals surface area contributed by atoms with E-state index in [2.05, 4.69) is 19.2 Å². The quantitative estimate of drug-likeness (QED) is 0.743. The largest absolute Gasteiger partial charge is 0.394 e. The molecule has 110 valence electrons. The number of rotatable bonds is 6. The van der Waals surface area contributed by atoms with Crippen LogP contribution in [0.3, 0.4) is 0 Å². The molecule has 1 heterocycles. The fourth-order valence-electron chi connectivity index (χ4n) is 2.29. The number of carbonyl (C=O) groups is 2. The smallest absolute Gasteiger partial charge is 0.225 e. The summed E-state index contributed by atoms with van der Waals surface area (Å²) in [6.45, 7) is 9.15. The Bertz CT molecular complexity index is 329. The summed E-state index contributed by atoms with van der Waals surface area (Å²) < 4.78 is 0. The first-order valence-corrected chi connectivity index (χ1v) is 7.04. The fourth-order valence-corrected chi connectivity index (χ4v) is 2.29. The molecule has 0 radical (unpaired) electrons. The number of nitrogens with one attached hydrogen (secondary N) is 1. The summed E-state index contributed by atoms with van der Waals surface area (Å²) in [7, 11) is 0. The minimum Gasteiger partial charge on any atom is -0.394 e. The van der Waals surface area contributed by atoms with Gasteiger partial charge < -0.3 is 15.3 Å². The fraction of sp³-hybridized carbons (Fsp3) is 0.857. The van der Waals surface area contributed by atoms with E-state index < -0.39 is 0 Å². The highest BCUT2D eigenvalue weighted by Crippen LogP contribution is 2.19. The van der Waals surface area contributed by atoms with Gasteiger partial charge in [-0.1, -0.05) is 27.7 Å². The molecule has 0 aromatic heterocycles. The number of likely N-dealkylation sites (tertiary alicyclic amines) is 1. The first-order chi connectivity index (χ1) is 8.85. The monoisotopic (exact) mass is 270 g/mol. The lowest BCUT2D eigenvalue weighted by Gasteiger charge is -2.22. The molecule has 1 saturated heterocycles. The standard InChI is InChI=1S/C14H26N2O3/c1-9(2)6-16-7-11(5-13(16)18)14(19)15-12(8-17)10(3)4/h9-12,17H,5-8H2,1-4H3,(H,15,19). The first kappa shape index (κ1) is 16.0. The molecule has 0 aromatic rings. The summed E-state index contributed by atoms with van der Waals surface area (Å²) in [6.07, 6.45) is 0.287. The van der Waals surface area contributed by atoms with Crippen molar-refractivity contribution in [1.82, 2.24) is 10.2 Å². The molecular weight excluding hydrogens is 244 g/mol. The lowest BCUT2D eigenvalue weighted by atomic mass is 10.0. The predicted octanol–water partition coefficient (Wildman–Crippen LogP) is 0.624. The van der Waals surface area contributed by atoms with Crippen molar-refractivity contribution in [3.8, 4) is 0 Å². The Kier molecular flexibility index (Phi) is 5.79. The molecule has 0 aromatic carbocycles. The molecule has 1 aliphatic rings. The molecule has 1 rings (SSSR count). The van der Waals surface area contributed by atoms with Crippen LogP contribution in [0.4, 0.5) is 0 Å². The van der Waals surface area contributed by atoms with Gasteiger partial charge in [0, 0.05) is 19.5 Å². The summed E-state index contributed by atoms with van der Waals surface area (Å²) in [6, 6.07) is -0.234. The first-order valence-electron chi connectivity index (χ1n) is 7.04. The van der Waals surface area contributed by atoms with E-state index in [1.165, 1.54) is 0 Å². The maximum atomic E-state index is 12.1. The van der Waals surface area contributed by atoms with E-state index in [0.717, 1.165) is 0 Å². The van der Waals surface area contributed by atoms with Gasteiger partial charge in [-0.3, -0.25) is 9.59 Å². The Balaban J connectivity index is 2.53. The number of aliphatic hydroxyl groups excluding tert-OH is 1. The van der Waals surface area contributed by atoms with Crippen molar-refractivity contribution in [3.63, 3.8) is 0 Å². The molecular formula is C14H26N2O3. The lowest BCUT2D eigenvalue weighted by Crippen LogP contribution is -2.44. The maximum Gasteiger partial charge on any atom is 0.225 e. The van der Waals surface area contributed by atoms with Crippen LogP contribution >= 0.6 is 0 Å². The highest BCUT2D eigenvalue weighted by molar-refractivity contribution is 5.89. The van der Waals surface area contributed by atoms with E-state index in [-0.39, 0.29) is 42.7 Å². The number of hydrogen-bond acceptors (Lipinski definition) is 3.